The summed E-state index contributed by atoms with van der Waals surface area (Å²) in [5, 5.41) is 18.4. The largest absolute Gasteiger partial charge is 0.483 e. The van der Waals surface area contributed by atoms with E-state index in [0.29, 0.717) is 11.6 Å². The Hall–Kier alpha value is -2.45. The summed E-state index contributed by atoms with van der Waals surface area (Å²) in [6.45, 7) is 10.4. The molecule has 1 aromatic carbocycles. The Bertz CT molecular complexity index is 825. The first-order valence-corrected chi connectivity index (χ1v) is 10.4. The highest BCUT2D eigenvalue weighted by Gasteiger charge is 2.35. The molecule has 29 heavy (non-hydrogen) atoms. The standard InChI is InChI=1S/C20H29N5O.CH2O2/c1-3-24(4-2)12-14-5-6-17-16(11-14)19(23-22-17)20(26)21-18-13-25-9-7-15(18)8-10-25;2-1-3/h5-6,11,15,18H,3-4,7-10,12-13H2,1-2H3,(H,21,26)(H,22,23);1H,(H,2,3)/t18-;/m1./s1. The zero-order valence-corrected chi connectivity index (χ0v) is 17.2. The third-order valence-electron chi connectivity index (χ3n) is 6.12. The highest BCUT2D eigenvalue weighted by Crippen LogP contribution is 2.28. The third kappa shape index (κ3) is 4.94. The van der Waals surface area contributed by atoms with Crippen LogP contribution in [0.2, 0.25) is 0 Å². The van der Waals surface area contributed by atoms with Crippen LogP contribution in [0.5, 0.6) is 0 Å². The molecule has 8 heteroatoms. The van der Waals surface area contributed by atoms with Gasteiger partial charge in [0.15, 0.2) is 5.69 Å². The van der Waals surface area contributed by atoms with E-state index in [-0.39, 0.29) is 18.4 Å². The lowest BCUT2D eigenvalue weighted by Crippen LogP contribution is -2.57. The molecule has 0 radical (unpaired) electrons. The summed E-state index contributed by atoms with van der Waals surface area (Å²) in [6.07, 6.45) is 2.39. The van der Waals surface area contributed by atoms with Crippen LogP contribution in [0.25, 0.3) is 10.9 Å². The number of carboxylic acid groups (broad SMARTS) is 1. The van der Waals surface area contributed by atoms with Crippen molar-refractivity contribution in [2.45, 2.75) is 39.3 Å². The van der Waals surface area contributed by atoms with Gasteiger partial charge in [0.05, 0.1) is 5.52 Å². The lowest BCUT2D eigenvalue weighted by molar-refractivity contribution is -0.122. The second-order valence-electron chi connectivity index (χ2n) is 7.74. The van der Waals surface area contributed by atoms with Crippen molar-refractivity contribution in [1.29, 1.82) is 0 Å². The molecule has 0 unspecified atom stereocenters. The van der Waals surface area contributed by atoms with Crippen LogP contribution in [0.1, 0.15) is 42.7 Å². The second-order valence-corrected chi connectivity index (χ2v) is 7.74. The number of rotatable bonds is 6. The molecule has 1 atom stereocenters. The first kappa shape index (κ1) is 21.3. The maximum absolute atomic E-state index is 12.9. The van der Waals surface area contributed by atoms with E-state index in [2.05, 4.69) is 51.3 Å². The number of amides is 1. The predicted octanol–water partition coefficient (Wildman–Crippen LogP) is 1.93. The molecule has 1 aromatic heterocycles. The number of carbonyl (C=O) groups excluding carboxylic acids is 1. The molecular weight excluding hydrogens is 370 g/mol. The normalized spacial score (nSPS) is 22.9. The number of H-pyrrole nitrogens is 1. The summed E-state index contributed by atoms with van der Waals surface area (Å²) in [7, 11) is 0. The monoisotopic (exact) mass is 401 g/mol. The lowest BCUT2D eigenvalue weighted by atomic mass is 9.84. The van der Waals surface area contributed by atoms with Gasteiger partial charge in [0, 0.05) is 24.5 Å². The molecule has 3 N–H and O–H groups in total. The molecule has 3 aliphatic rings. The Morgan fingerprint density at radius 3 is 2.62 bits per heavy atom. The van der Waals surface area contributed by atoms with Crippen molar-refractivity contribution in [2.24, 2.45) is 5.92 Å². The van der Waals surface area contributed by atoms with Crippen LogP contribution in [0.15, 0.2) is 18.2 Å². The molecule has 2 bridgehead atoms. The minimum atomic E-state index is -0.250. The Balaban J connectivity index is 0.000000755. The van der Waals surface area contributed by atoms with Gasteiger partial charge < -0.3 is 15.3 Å². The van der Waals surface area contributed by atoms with Gasteiger partial charge in [0.2, 0.25) is 0 Å². The van der Waals surface area contributed by atoms with E-state index < -0.39 is 0 Å². The topological polar surface area (TPSA) is 102 Å². The number of hydrogen-bond acceptors (Lipinski definition) is 5. The number of hydrogen-bond donors (Lipinski definition) is 3. The summed E-state index contributed by atoms with van der Waals surface area (Å²) in [5.41, 5.74) is 2.67. The zero-order valence-electron chi connectivity index (χ0n) is 17.2. The number of nitrogens with zero attached hydrogens (tertiary/aromatic N) is 3. The molecular formula is C21H31N5O3. The number of aromatic amines is 1. The molecule has 3 aliphatic heterocycles. The van der Waals surface area contributed by atoms with Gasteiger partial charge in [-0.2, -0.15) is 5.10 Å². The van der Waals surface area contributed by atoms with E-state index in [1.54, 1.807) is 0 Å². The Labute approximate surface area is 171 Å². The molecule has 158 valence electrons. The van der Waals surface area contributed by atoms with Gasteiger partial charge >= 0.3 is 0 Å². The van der Waals surface area contributed by atoms with E-state index in [1.807, 2.05) is 6.07 Å². The average Bonchev–Trinajstić information content (AvgIpc) is 3.17. The van der Waals surface area contributed by atoms with E-state index in [1.165, 1.54) is 31.5 Å². The lowest BCUT2D eigenvalue weighted by Gasteiger charge is -2.44. The third-order valence-corrected chi connectivity index (χ3v) is 6.12. The summed E-state index contributed by atoms with van der Waals surface area (Å²) < 4.78 is 0. The number of benzene rings is 1. The Morgan fingerprint density at radius 2 is 2.03 bits per heavy atom. The summed E-state index contributed by atoms with van der Waals surface area (Å²) in [6, 6.07) is 6.53. The molecule has 2 aromatic rings. The van der Waals surface area contributed by atoms with Crippen molar-refractivity contribution in [3.63, 3.8) is 0 Å². The number of fused-ring (bicyclic) bond motifs is 4. The molecule has 0 spiro atoms. The fourth-order valence-corrected chi connectivity index (χ4v) is 4.40. The van der Waals surface area contributed by atoms with Gasteiger partial charge in [-0.3, -0.25) is 19.6 Å². The first-order chi connectivity index (χ1) is 14.1. The van der Waals surface area contributed by atoms with E-state index in [9.17, 15) is 4.79 Å². The van der Waals surface area contributed by atoms with Crippen LogP contribution in [-0.4, -0.2) is 76.2 Å². The fourth-order valence-electron chi connectivity index (χ4n) is 4.40. The first-order valence-electron chi connectivity index (χ1n) is 10.4. The molecule has 5 rings (SSSR count). The highest BCUT2D eigenvalue weighted by molar-refractivity contribution is 6.04. The molecule has 3 fully saturated rings. The average molecular weight is 402 g/mol. The highest BCUT2D eigenvalue weighted by atomic mass is 16.3. The number of carbonyl (C=O) groups is 2. The van der Waals surface area contributed by atoms with Crippen LogP contribution in [-0.2, 0) is 11.3 Å². The fraction of sp³-hybridized carbons (Fsp3) is 0.571. The predicted molar refractivity (Wildman–Crippen MR) is 112 cm³/mol. The summed E-state index contributed by atoms with van der Waals surface area (Å²) in [5.74, 6) is 0.572. The van der Waals surface area contributed by atoms with Crippen molar-refractivity contribution in [3.8, 4) is 0 Å². The quantitative estimate of drug-likeness (QED) is 0.640. The van der Waals surface area contributed by atoms with Crippen LogP contribution < -0.4 is 5.32 Å². The molecule has 8 nitrogen and oxygen atoms in total. The number of piperidine rings is 3. The van der Waals surface area contributed by atoms with Gasteiger partial charge in [0.1, 0.15) is 0 Å². The minimum absolute atomic E-state index is 0.0463. The Morgan fingerprint density at radius 1 is 1.34 bits per heavy atom. The van der Waals surface area contributed by atoms with Crippen LogP contribution in [0.4, 0.5) is 0 Å². The summed E-state index contributed by atoms with van der Waals surface area (Å²) in [4.78, 5) is 26.1. The van der Waals surface area contributed by atoms with Crippen molar-refractivity contribution >= 4 is 23.3 Å². The zero-order chi connectivity index (χ0) is 20.8. The van der Waals surface area contributed by atoms with E-state index in [0.717, 1.165) is 37.1 Å². The van der Waals surface area contributed by atoms with Gasteiger partial charge in [-0.05, 0) is 62.6 Å². The van der Waals surface area contributed by atoms with E-state index >= 15 is 0 Å². The SMILES string of the molecule is CCN(CC)Cc1ccc2[nH]nc(C(=O)N[C@@H]3CN4CCC3CC4)c2c1.O=CO. The van der Waals surface area contributed by atoms with Crippen LogP contribution in [0.3, 0.4) is 0 Å². The van der Waals surface area contributed by atoms with Crippen LogP contribution >= 0.6 is 0 Å². The van der Waals surface area contributed by atoms with Crippen LogP contribution in [0, 0.1) is 5.92 Å². The van der Waals surface area contributed by atoms with Crippen molar-refractivity contribution in [3.05, 3.63) is 29.5 Å². The number of aromatic nitrogens is 2. The van der Waals surface area contributed by atoms with Gasteiger partial charge in [-0.25, -0.2) is 0 Å². The van der Waals surface area contributed by atoms with Gasteiger partial charge in [-0.1, -0.05) is 19.9 Å². The Kier molecular flexibility index (Phi) is 7.22. The van der Waals surface area contributed by atoms with Gasteiger partial charge in [-0.15, -0.1) is 0 Å². The molecule has 4 heterocycles. The maximum atomic E-state index is 12.9. The van der Waals surface area contributed by atoms with E-state index in [4.69, 9.17) is 9.90 Å². The van der Waals surface area contributed by atoms with Crippen molar-refractivity contribution in [2.75, 3.05) is 32.7 Å². The molecule has 0 saturated carbocycles. The van der Waals surface area contributed by atoms with Crippen molar-refractivity contribution in [1.82, 2.24) is 25.3 Å². The number of nitrogens with one attached hydrogen (secondary N) is 2. The maximum Gasteiger partial charge on any atom is 0.290 e. The second kappa shape index (κ2) is 9.84. The molecule has 1 amide bonds. The molecule has 3 saturated heterocycles. The molecule has 0 aliphatic carbocycles. The summed E-state index contributed by atoms with van der Waals surface area (Å²) >= 11 is 0. The van der Waals surface area contributed by atoms with Crippen molar-refractivity contribution < 1.29 is 14.7 Å². The smallest absolute Gasteiger partial charge is 0.290 e. The minimum Gasteiger partial charge on any atom is -0.483 e. The van der Waals surface area contributed by atoms with Gasteiger partial charge in [0.25, 0.3) is 12.4 Å².